The predicted octanol–water partition coefficient (Wildman–Crippen LogP) is 3.51. The molecule has 3 aromatic heterocycles. The maximum Gasteiger partial charge on any atom is 0.287 e. The molecule has 0 aliphatic heterocycles. The van der Waals surface area contributed by atoms with Crippen molar-refractivity contribution in [2.24, 2.45) is 5.92 Å². The smallest absolute Gasteiger partial charge is 0.287 e. The van der Waals surface area contributed by atoms with Gasteiger partial charge < -0.3 is 5.32 Å². The van der Waals surface area contributed by atoms with Crippen molar-refractivity contribution in [3.63, 3.8) is 0 Å². The zero-order valence-electron chi connectivity index (χ0n) is 15.1. The molecule has 1 N–H and O–H groups in total. The van der Waals surface area contributed by atoms with Crippen molar-refractivity contribution in [3.8, 4) is 12.0 Å². The Morgan fingerprint density at radius 1 is 1.43 bits per heavy atom. The molecule has 0 spiro atoms. The fourth-order valence-corrected chi connectivity index (χ4v) is 3.24. The highest BCUT2D eigenvalue weighted by molar-refractivity contribution is 5.92. The molecule has 9 heteroatoms. The number of fused-ring (bicyclic) bond motifs is 1. The molecule has 3 aromatic rings. The van der Waals surface area contributed by atoms with Crippen LogP contribution in [0.3, 0.4) is 0 Å². The number of nitriles is 1. The van der Waals surface area contributed by atoms with E-state index in [-0.39, 0.29) is 23.7 Å². The Kier molecular flexibility index (Phi) is 4.07. The first-order valence-electron chi connectivity index (χ1n) is 8.68. The van der Waals surface area contributed by atoms with Crippen molar-refractivity contribution < 1.29 is 13.6 Å². The third-order valence-electron chi connectivity index (χ3n) is 4.69. The van der Waals surface area contributed by atoms with E-state index in [2.05, 4.69) is 26.3 Å². The number of amides is 1. The number of aromatic nitrogens is 4. The second-order valence-corrected chi connectivity index (χ2v) is 6.93. The predicted molar refractivity (Wildman–Crippen MR) is 97.0 cm³/mol. The second kappa shape index (κ2) is 6.34. The number of rotatable bonds is 4. The van der Waals surface area contributed by atoms with E-state index in [1.54, 1.807) is 23.0 Å². The van der Waals surface area contributed by atoms with Crippen LogP contribution >= 0.6 is 0 Å². The van der Waals surface area contributed by atoms with Crippen molar-refractivity contribution in [3.05, 3.63) is 42.0 Å². The maximum atomic E-state index is 13.7. The Bertz CT molecular complexity index is 1130. The quantitative estimate of drug-likeness (QED) is 0.745. The van der Waals surface area contributed by atoms with Crippen molar-refractivity contribution >= 4 is 22.6 Å². The van der Waals surface area contributed by atoms with E-state index in [1.165, 1.54) is 19.2 Å². The fourth-order valence-electron chi connectivity index (χ4n) is 3.24. The Morgan fingerprint density at radius 3 is 2.86 bits per heavy atom. The molecule has 1 saturated carbocycles. The molecular weight excluding hydrogens is 366 g/mol. The molecule has 1 amide bonds. The summed E-state index contributed by atoms with van der Waals surface area (Å²) >= 11 is 0. The van der Waals surface area contributed by atoms with Gasteiger partial charge in [0.15, 0.2) is 0 Å². The lowest BCUT2D eigenvalue weighted by Gasteiger charge is -2.11. The number of hydrogen-bond acceptors (Lipinski definition) is 5. The van der Waals surface area contributed by atoms with Gasteiger partial charge in [-0.1, -0.05) is 0 Å². The summed E-state index contributed by atoms with van der Waals surface area (Å²) in [4.78, 5) is 23.8. The molecule has 3 heterocycles. The third-order valence-corrected chi connectivity index (χ3v) is 4.69. The van der Waals surface area contributed by atoms with E-state index in [1.807, 2.05) is 0 Å². The van der Waals surface area contributed by atoms with Gasteiger partial charge in [0.2, 0.25) is 11.9 Å². The number of nitrogens with one attached hydrogen (secondary N) is 1. The number of hydrogen-bond donors (Lipinski definition) is 1. The monoisotopic (exact) mass is 382 g/mol. The van der Waals surface area contributed by atoms with Crippen LogP contribution in [0.4, 0.5) is 14.6 Å². The van der Waals surface area contributed by atoms with E-state index in [0.717, 1.165) is 24.3 Å². The lowest BCUT2D eigenvalue weighted by atomic mass is 10.1. The molecule has 1 aliphatic rings. The molecule has 28 heavy (non-hydrogen) atoms. The maximum absolute atomic E-state index is 13.7. The first kappa shape index (κ1) is 18.0. The van der Waals surface area contributed by atoms with Gasteiger partial charge in [-0.05, 0) is 18.1 Å². The van der Waals surface area contributed by atoms with Crippen LogP contribution in [0.5, 0.6) is 0 Å². The van der Waals surface area contributed by atoms with Crippen LogP contribution in [0.25, 0.3) is 16.9 Å². The van der Waals surface area contributed by atoms with Crippen LogP contribution in [0.15, 0.2) is 30.7 Å². The standard InChI is InChI=1S/C19H16F2N6O/c1-10(28)25-17-6-15-13(8-24-17)14(12-5-11(12)7-22)9-27(15)18-23-4-3-16(26-18)19(2,20)21/h3-4,6,8-9,11-12H,5H2,1-2H3,(H,24,25,28). The Balaban J connectivity index is 1.89. The van der Waals surface area contributed by atoms with Gasteiger partial charge >= 0.3 is 0 Å². The number of anilines is 1. The first-order valence-corrected chi connectivity index (χ1v) is 8.68. The summed E-state index contributed by atoms with van der Waals surface area (Å²) in [6.45, 7) is 2.15. The van der Waals surface area contributed by atoms with Crippen molar-refractivity contribution in [1.82, 2.24) is 19.5 Å². The van der Waals surface area contributed by atoms with E-state index < -0.39 is 11.6 Å². The number of carbonyl (C=O) groups is 1. The van der Waals surface area contributed by atoms with Crippen LogP contribution in [-0.2, 0) is 10.7 Å². The number of pyridine rings is 1. The highest BCUT2D eigenvalue weighted by Crippen LogP contribution is 2.49. The highest BCUT2D eigenvalue weighted by atomic mass is 19.3. The number of halogens is 2. The number of alkyl halides is 2. The molecule has 2 atom stereocenters. The van der Waals surface area contributed by atoms with Crippen LogP contribution in [-0.4, -0.2) is 25.4 Å². The zero-order chi connectivity index (χ0) is 20.1. The summed E-state index contributed by atoms with van der Waals surface area (Å²) in [5, 5.41) is 12.6. The summed E-state index contributed by atoms with van der Waals surface area (Å²) in [5.41, 5.74) is 1.12. The van der Waals surface area contributed by atoms with Gasteiger partial charge in [-0.2, -0.15) is 14.0 Å². The van der Waals surface area contributed by atoms with E-state index >= 15 is 0 Å². The molecule has 2 unspecified atom stereocenters. The van der Waals surface area contributed by atoms with Crippen molar-refractivity contribution in [2.45, 2.75) is 32.1 Å². The zero-order valence-corrected chi connectivity index (χ0v) is 15.1. The van der Waals surface area contributed by atoms with Gasteiger partial charge in [0.25, 0.3) is 5.92 Å². The number of nitrogens with zero attached hydrogens (tertiary/aromatic N) is 5. The Labute approximate surface area is 159 Å². The van der Waals surface area contributed by atoms with Gasteiger partial charge in [0.1, 0.15) is 11.5 Å². The summed E-state index contributed by atoms with van der Waals surface area (Å²) in [6.07, 6.45) is 5.39. The summed E-state index contributed by atoms with van der Waals surface area (Å²) in [5.74, 6) is -2.99. The lowest BCUT2D eigenvalue weighted by molar-refractivity contribution is -0.114. The molecule has 0 radical (unpaired) electrons. The van der Waals surface area contributed by atoms with Crippen molar-refractivity contribution in [1.29, 1.82) is 5.26 Å². The topological polar surface area (TPSA) is 96.5 Å². The van der Waals surface area contributed by atoms with Crippen LogP contribution in [0, 0.1) is 17.2 Å². The summed E-state index contributed by atoms with van der Waals surface area (Å²) in [7, 11) is 0. The molecule has 0 bridgehead atoms. The molecule has 1 aliphatic carbocycles. The number of carbonyl (C=O) groups excluding carboxylic acids is 1. The SMILES string of the molecule is CC(=O)Nc1cc2c(cn1)c(C1CC1C#N)cn2-c1nccc(C(C)(F)F)n1. The minimum absolute atomic E-state index is 0.0537. The molecular formula is C19H16F2N6O. The van der Waals surface area contributed by atoms with Gasteiger partial charge in [0, 0.05) is 49.8 Å². The van der Waals surface area contributed by atoms with E-state index in [0.29, 0.717) is 11.3 Å². The van der Waals surface area contributed by atoms with E-state index in [9.17, 15) is 18.8 Å². The molecule has 0 aromatic carbocycles. The van der Waals surface area contributed by atoms with E-state index in [4.69, 9.17) is 0 Å². The average molecular weight is 382 g/mol. The minimum atomic E-state index is -3.10. The van der Waals surface area contributed by atoms with Crippen LogP contribution in [0.2, 0.25) is 0 Å². The molecule has 7 nitrogen and oxygen atoms in total. The highest BCUT2D eigenvalue weighted by Gasteiger charge is 2.40. The average Bonchev–Trinajstić information content (AvgIpc) is 3.33. The summed E-state index contributed by atoms with van der Waals surface area (Å²) in [6, 6.07) is 5.07. The first-order chi connectivity index (χ1) is 13.3. The largest absolute Gasteiger partial charge is 0.311 e. The molecule has 0 saturated heterocycles. The minimum Gasteiger partial charge on any atom is -0.311 e. The summed E-state index contributed by atoms with van der Waals surface area (Å²) < 4.78 is 29.0. The van der Waals surface area contributed by atoms with Gasteiger partial charge in [-0.15, -0.1) is 0 Å². The Morgan fingerprint density at radius 2 is 2.21 bits per heavy atom. The molecule has 142 valence electrons. The molecule has 1 fully saturated rings. The Hall–Kier alpha value is -3.41. The second-order valence-electron chi connectivity index (χ2n) is 6.93. The van der Waals surface area contributed by atoms with Crippen molar-refractivity contribution in [2.75, 3.05) is 5.32 Å². The van der Waals surface area contributed by atoms with Gasteiger partial charge in [0.05, 0.1) is 17.5 Å². The normalized spacial score (nSPS) is 18.7. The third kappa shape index (κ3) is 3.17. The fraction of sp³-hybridized carbons (Fsp3) is 0.316. The van der Waals surface area contributed by atoms with Gasteiger partial charge in [-0.25, -0.2) is 15.0 Å². The van der Waals surface area contributed by atoms with Gasteiger partial charge in [-0.3, -0.25) is 9.36 Å². The molecule has 4 rings (SSSR count). The lowest BCUT2D eigenvalue weighted by Crippen LogP contribution is -2.12. The van der Waals surface area contributed by atoms with Crippen LogP contribution < -0.4 is 5.32 Å². The van der Waals surface area contributed by atoms with Crippen LogP contribution in [0.1, 0.15) is 37.4 Å².